The van der Waals surface area contributed by atoms with Crippen LogP contribution in [0, 0.1) is 23.3 Å². The van der Waals surface area contributed by atoms with Gasteiger partial charge >= 0.3 is 0 Å². The van der Waals surface area contributed by atoms with Crippen molar-refractivity contribution in [2.24, 2.45) is 0 Å². The topological polar surface area (TPSA) is 29.9 Å². The van der Waals surface area contributed by atoms with Crippen molar-refractivity contribution in [2.75, 3.05) is 6.54 Å². The van der Waals surface area contributed by atoms with E-state index in [4.69, 9.17) is 0 Å². The summed E-state index contributed by atoms with van der Waals surface area (Å²) in [6.45, 7) is 1.07. The first-order valence-corrected chi connectivity index (χ1v) is 5.68. The van der Waals surface area contributed by atoms with Gasteiger partial charge < -0.3 is 5.32 Å². The number of halogens is 4. The quantitative estimate of drug-likeness (QED) is 0.635. The fourth-order valence-electron chi connectivity index (χ4n) is 2.20. The molecule has 0 atom stereocenters. The number of nitrogens with zero attached hydrogens (tertiary/aromatic N) is 2. The van der Waals surface area contributed by atoms with Gasteiger partial charge in [0, 0.05) is 31.3 Å². The highest BCUT2D eigenvalue weighted by Crippen LogP contribution is 2.26. The first-order chi connectivity index (χ1) is 9.09. The Bertz CT molecular complexity index is 625. The van der Waals surface area contributed by atoms with Crippen LogP contribution >= 0.6 is 0 Å². The fourth-order valence-corrected chi connectivity index (χ4v) is 2.20. The van der Waals surface area contributed by atoms with E-state index in [1.807, 2.05) is 0 Å². The molecule has 3 rings (SSSR count). The normalized spacial score (nSPS) is 14.5. The highest BCUT2D eigenvalue weighted by molar-refractivity contribution is 5.40. The van der Waals surface area contributed by atoms with Crippen LogP contribution in [0.15, 0.2) is 12.4 Å². The molecule has 1 aromatic heterocycles. The lowest BCUT2D eigenvalue weighted by Crippen LogP contribution is -2.25. The molecule has 0 spiro atoms. The molecular weight excluding hydrogens is 262 g/mol. The van der Waals surface area contributed by atoms with Gasteiger partial charge in [-0.15, -0.1) is 0 Å². The molecule has 100 valence electrons. The number of hydrogen-bond donors (Lipinski definition) is 1. The van der Waals surface area contributed by atoms with Gasteiger partial charge in [-0.25, -0.2) is 22.5 Å². The second-order valence-electron chi connectivity index (χ2n) is 4.25. The van der Waals surface area contributed by atoms with E-state index in [-0.39, 0.29) is 6.07 Å². The maximum absolute atomic E-state index is 13.7. The van der Waals surface area contributed by atoms with Crippen molar-refractivity contribution in [3.8, 4) is 5.69 Å². The van der Waals surface area contributed by atoms with Gasteiger partial charge in [0.1, 0.15) is 5.69 Å². The number of rotatable bonds is 1. The predicted molar refractivity (Wildman–Crippen MR) is 58.8 cm³/mol. The zero-order chi connectivity index (χ0) is 13.6. The molecule has 1 N–H and O–H groups in total. The minimum atomic E-state index is -1.43. The largest absolute Gasteiger partial charge is 0.311 e. The van der Waals surface area contributed by atoms with Gasteiger partial charge in [-0.2, -0.15) is 0 Å². The third-order valence-corrected chi connectivity index (χ3v) is 3.11. The first-order valence-electron chi connectivity index (χ1n) is 5.68. The lowest BCUT2D eigenvalue weighted by atomic mass is 10.1. The second kappa shape index (κ2) is 4.34. The van der Waals surface area contributed by atoms with Crippen LogP contribution < -0.4 is 5.32 Å². The van der Waals surface area contributed by atoms with E-state index >= 15 is 0 Å². The Balaban J connectivity index is 2.25. The van der Waals surface area contributed by atoms with Crippen LogP contribution in [-0.4, -0.2) is 16.1 Å². The summed E-state index contributed by atoms with van der Waals surface area (Å²) in [5.74, 6) is -5.69. The molecule has 0 saturated carbocycles. The van der Waals surface area contributed by atoms with E-state index in [0.717, 1.165) is 4.57 Å². The van der Waals surface area contributed by atoms with Gasteiger partial charge in [0.05, 0.1) is 12.0 Å². The van der Waals surface area contributed by atoms with Crippen LogP contribution in [0.5, 0.6) is 0 Å². The molecule has 0 fully saturated rings. The average molecular weight is 271 g/mol. The summed E-state index contributed by atoms with van der Waals surface area (Å²) >= 11 is 0. The van der Waals surface area contributed by atoms with Gasteiger partial charge in [0.15, 0.2) is 23.3 Å². The summed E-state index contributed by atoms with van der Waals surface area (Å²) < 4.78 is 55.0. The standard InChI is InChI=1S/C12H9F4N3/c13-6-3-7(14)11(16)12(10(6)15)19-5-18-8-4-17-2-1-9(8)19/h3,5,17H,1-2,4H2. The summed E-state index contributed by atoms with van der Waals surface area (Å²) in [6.07, 6.45) is 1.66. The molecule has 0 amide bonds. The summed E-state index contributed by atoms with van der Waals surface area (Å²) in [5, 5.41) is 3.05. The summed E-state index contributed by atoms with van der Waals surface area (Å²) in [5.41, 5.74) is 0.421. The average Bonchev–Trinajstić information content (AvgIpc) is 2.81. The van der Waals surface area contributed by atoms with E-state index in [1.54, 1.807) is 0 Å². The Labute approximate surface area is 105 Å². The Hall–Kier alpha value is -1.89. The molecule has 19 heavy (non-hydrogen) atoms. The predicted octanol–water partition coefficient (Wildman–Crippen LogP) is 2.07. The molecule has 0 radical (unpaired) electrons. The zero-order valence-corrected chi connectivity index (χ0v) is 9.68. The molecular formula is C12H9F4N3. The van der Waals surface area contributed by atoms with Crippen molar-refractivity contribution in [1.29, 1.82) is 0 Å². The van der Waals surface area contributed by atoms with Crippen LogP contribution in [0.4, 0.5) is 17.6 Å². The molecule has 7 heteroatoms. The van der Waals surface area contributed by atoms with Gasteiger partial charge in [-0.1, -0.05) is 0 Å². The van der Waals surface area contributed by atoms with Crippen LogP contribution in [0.1, 0.15) is 11.4 Å². The van der Waals surface area contributed by atoms with Crippen molar-refractivity contribution >= 4 is 0 Å². The van der Waals surface area contributed by atoms with Crippen LogP contribution in [0.2, 0.25) is 0 Å². The third-order valence-electron chi connectivity index (χ3n) is 3.11. The number of imidazole rings is 1. The molecule has 0 unspecified atom stereocenters. The Kier molecular flexibility index (Phi) is 2.78. The number of aromatic nitrogens is 2. The molecule has 0 bridgehead atoms. The van der Waals surface area contributed by atoms with Crippen LogP contribution in [-0.2, 0) is 13.0 Å². The fraction of sp³-hybridized carbons (Fsp3) is 0.250. The lowest BCUT2D eigenvalue weighted by molar-refractivity contribution is 0.446. The van der Waals surface area contributed by atoms with Crippen molar-refractivity contribution in [1.82, 2.24) is 14.9 Å². The number of hydrogen-bond acceptors (Lipinski definition) is 2. The number of nitrogens with one attached hydrogen (secondary N) is 1. The second-order valence-corrected chi connectivity index (χ2v) is 4.25. The summed E-state index contributed by atoms with van der Waals surface area (Å²) in [4.78, 5) is 4.00. The van der Waals surface area contributed by atoms with Crippen molar-refractivity contribution in [2.45, 2.75) is 13.0 Å². The Morgan fingerprint density at radius 1 is 1.11 bits per heavy atom. The maximum Gasteiger partial charge on any atom is 0.186 e. The summed E-state index contributed by atoms with van der Waals surface area (Å²) in [7, 11) is 0. The van der Waals surface area contributed by atoms with E-state index in [9.17, 15) is 17.6 Å². The SMILES string of the molecule is Fc1cc(F)c(F)c(-n2cnc3c2CCNC3)c1F. The van der Waals surface area contributed by atoms with Crippen molar-refractivity contribution in [3.63, 3.8) is 0 Å². The third kappa shape index (κ3) is 1.81. The van der Waals surface area contributed by atoms with Crippen molar-refractivity contribution < 1.29 is 17.6 Å². The molecule has 2 heterocycles. The molecule has 3 nitrogen and oxygen atoms in total. The maximum atomic E-state index is 13.7. The Morgan fingerprint density at radius 2 is 1.79 bits per heavy atom. The van der Waals surface area contributed by atoms with E-state index in [2.05, 4.69) is 10.3 Å². The first kappa shape index (κ1) is 12.2. The monoisotopic (exact) mass is 271 g/mol. The van der Waals surface area contributed by atoms with Gasteiger partial charge in [0.25, 0.3) is 0 Å². The van der Waals surface area contributed by atoms with Gasteiger partial charge in [-0.3, -0.25) is 4.57 Å². The molecule has 1 aliphatic rings. The number of benzene rings is 1. The Morgan fingerprint density at radius 3 is 2.47 bits per heavy atom. The lowest BCUT2D eigenvalue weighted by Gasteiger charge is -2.16. The molecule has 1 aliphatic heterocycles. The molecule has 2 aromatic rings. The van der Waals surface area contributed by atoms with E-state index in [0.29, 0.717) is 30.9 Å². The smallest absolute Gasteiger partial charge is 0.186 e. The highest BCUT2D eigenvalue weighted by Gasteiger charge is 2.24. The van der Waals surface area contributed by atoms with E-state index in [1.165, 1.54) is 6.33 Å². The zero-order valence-electron chi connectivity index (χ0n) is 9.68. The van der Waals surface area contributed by atoms with Crippen LogP contribution in [0.3, 0.4) is 0 Å². The van der Waals surface area contributed by atoms with E-state index < -0.39 is 29.0 Å². The highest BCUT2D eigenvalue weighted by atomic mass is 19.2. The summed E-state index contributed by atoms with van der Waals surface area (Å²) in [6, 6.07) is 0.194. The molecule has 1 aromatic carbocycles. The molecule has 0 aliphatic carbocycles. The van der Waals surface area contributed by atoms with Gasteiger partial charge in [-0.05, 0) is 0 Å². The van der Waals surface area contributed by atoms with Gasteiger partial charge in [0.2, 0.25) is 0 Å². The molecule has 0 saturated heterocycles. The minimum absolute atomic E-state index is 0.194. The van der Waals surface area contributed by atoms with Crippen LogP contribution in [0.25, 0.3) is 5.69 Å². The van der Waals surface area contributed by atoms with Crippen molar-refractivity contribution in [3.05, 3.63) is 47.1 Å². The minimum Gasteiger partial charge on any atom is -0.311 e. The number of fused-ring (bicyclic) bond motifs is 1.